The van der Waals surface area contributed by atoms with Crippen LogP contribution in [0.4, 0.5) is 14.6 Å². The predicted molar refractivity (Wildman–Crippen MR) is 71.3 cm³/mol. The molecule has 0 atom stereocenters. The van der Waals surface area contributed by atoms with Crippen LogP contribution < -0.4 is 10.2 Å². The molecule has 104 valence electrons. The van der Waals surface area contributed by atoms with Gasteiger partial charge in [-0.05, 0) is 29.8 Å². The van der Waals surface area contributed by atoms with Crippen LogP contribution in [0.5, 0.6) is 5.75 Å². The van der Waals surface area contributed by atoms with Crippen molar-refractivity contribution in [3.8, 4) is 5.75 Å². The molecule has 1 N–H and O–H groups in total. The van der Waals surface area contributed by atoms with Gasteiger partial charge >= 0.3 is 6.61 Å². The van der Waals surface area contributed by atoms with Crippen molar-refractivity contribution in [3.63, 3.8) is 0 Å². The summed E-state index contributed by atoms with van der Waals surface area (Å²) in [6, 6.07) is 6.03. The van der Waals surface area contributed by atoms with Crippen LogP contribution in [-0.4, -0.2) is 22.8 Å². The average molecular weight is 299 g/mol. The Balaban J connectivity index is 1.94. The van der Waals surface area contributed by atoms with Crippen molar-refractivity contribution in [3.05, 3.63) is 47.4 Å². The number of hydrogen-bond acceptors (Lipinski definition) is 5. The topological polar surface area (TPSA) is 59.4 Å². The van der Waals surface area contributed by atoms with Gasteiger partial charge in [0.25, 0.3) is 0 Å². The van der Waals surface area contributed by atoms with Crippen LogP contribution in [-0.2, 0) is 0 Å². The minimum atomic E-state index is -2.84. The number of benzene rings is 1. The summed E-state index contributed by atoms with van der Waals surface area (Å²) < 4.78 is 28.2. The molecular weight excluding hydrogens is 290 g/mol. The van der Waals surface area contributed by atoms with Gasteiger partial charge in [-0.15, -0.1) is 0 Å². The lowest BCUT2D eigenvalue weighted by atomic mass is 10.2. The fraction of sp³-hybridized carbons (Fsp3) is 0.0833. The van der Waals surface area contributed by atoms with E-state index in [4.69, 9.17) is 11.6 Å². The molecule has 0 spiro atoms. The molecule has 5 nitrogen and oxygen atoms in total. The monoisotopic (exact) mass is 298 g/mol. The van der Waals surface area contributed by atoms with Gasteiger partial charge in [0, 0.05) is 0 Å². The summed E-state index contributed by atoms with van der Waals surface area (Å²) in [7, 11) is 0. The molecule has 1 heterocycles. The molecule has 0 bridgehead atoms. The van der Waals surface area contributed by atoms with Crippen molar-refractivity contribution < 1.29 is 13.5 Å². The highest BCUT2D eigenvalue weighted by Gasteiger charge is 2.02. The number of halogens is 3. The Bertz CT molecular complexity index is 592. The van der Waals surface area contributed by atoms with E-state index < -0.39 is 6.61 Å². The van der Waals surface area contributed by atoms with Crippen LogP contribution in [0.2, 0.25) is 5.15 Å². The standard InChI is InChI=1S/C12H9ClF2N4O/c13-10-6-16-7-11(18-10)19-17-5-8-1-3-9(4-2-8)20-12(14)15/h1-7,12H,(H,18,19)/b17-5+. The summed E-state index contributed by atoms with van der Waals surface area (Å²) in [5, 5.41) is 4.17. The van der Waals surface area contributed by atoms with Gasteiger partial charge in [0.15, 0.2) is 5.82 Å². The Labute approximate surface area is 118 Å². The van der Waals surface area contributed by atoms with Gasteiger partial charge in [-0.25, -0.2) is 4.98 Å². The van der Waals surface area contributed by atoms with Crippen LogP contribution in [0.1, 0.15) is 5.56 Å². The van der Waals surface area contributed by atoms with Crippen LogP contribution in [0, 0.1) is 0 Å². The predicted octanol–water partition coefficient (Wildman–Crippen LogP) is 3.18. The molecule has 0 unspecified atom stereocenters. The summed E-state index contributed by atoms with van der Waals surface area (Å²) >= 11 is 5.66. The summed E-state index contributed by atoms with van der Waals surface area (Å²) in [6.07, 6.45) is 4.36. The molecule has 0 radical (unpaired) electrons. The minimum Gasteiger partial charge on any atom is -0.435 e. The lowest BCUT2D eigenvalue weighted by Crippen LogP contribution is -2.01. The second kappa shape index (κ2) is 6.76. The van der Waals surface area contributed by atoms with Gasteiger partial charge in [-0.3, -0.25) is 10.4 Å². The van der Waals surface area contributed by atoms with Crippen molar-refractivity contribution in [1.82, 2.24) is 9.97 Å². The Morgan fingerprint density at radius 2 is 2.00 bits per heavy atom. The van der Waals surface area contributed by atoms with Crippen molar-refractivity contribution in [2.75, 3.05) is 5.43 Å². The van der Waals surface area contributed by atoms with Crippen molar-refractivity contribution in [1.29, 1.82) is 0 Å². The smallest absolute Gasteiger partial charge is 0.387 e. The summed E-state index contributed by atoms with van der Waals surface area (Å²) in [5.74, 6) is 0.484. The third-order valence-corrected chi connectivity index (χ3v) is 2.29. The first kappa shape index (κ1) is 14.1. The molecule has 0 aliphatic carbocycles. The molecule has 0 aliphatic heterocycles. The third-order valence-electron chi connectivity index (χ3n) is 2.10. The van der Waals surface area contributed by atoms with Gasteiger partial charge in [0.05, 0.1) is 18.6 Å². The van der Waals surface area contributed by atoms with E-state index in [-0.39, 0.29) is 10.9 Å². The van der Waals surface area contributed by atoms with E-state index in [1.54, 1.807) is 12.1 Å². The SMILES string of the molecule is FC(F)Oc1ccc(/C=N/Nc2cncc(Cl)n2)cc1. The normalized spacial score (nSPS) is 11.0. The molecule has 0 saturated heterocycles. The molecule has 0 aliphatic rings. The Kier molecular flexibility index (Phi) is 4.78. The Morgan fingerprint density at radius 1 is 1.25 bits per heavy atom. The number of alkyl halides is 2. The van der Waals surface area contributed by atoms with Crippen molar-refractivity contribution in [2.45, 2.75) is 6.61 Å². The van der Waals surface area contributed by atoms with Crippen LogP contribution >= 0.6 is 11.6 Å². The minimum absolute atomic E-state index is 0.0887. The number of aromatic nitrogens is 2. The van der Waals surface area contributed by atoms with Gasteiger partial charge in [0.1, 0.15) is 10.9 Å². The Morgan fingerprint density at radius 3 is 2.65 bits per heavy atom. The maximum Gasteiger partial charge on any atom is 0.387 e. The number of hydrazone groups is 1. The molecule has 1 aromatic carbocycles. The highest BCUT2D eigenvalue weighted by molar-refractivity contribution is 6.29. The highest BCUT2D eigenvalue weighted by Crippen LogP contribution is 2.14. The summed E-state index contributed by atoms with van der Waals surface area (Å²) in [6.45, 7) is -2.84. The average Bonchev–Trinajstić information content (AvgIpc) is 2.40. The fourth-order valence-electron chi connectivity index (χ4n) is 1.30. The first-order valence-corrected chi connectivity index (χ1v) is 5.83. The molecule has 0 amide bonds. The molecule has 8 heteroatoms. The molecule has 20 heavy (non-hydrogen) atoms. The van der Waals surface area contributed by atoms with E-state index >= 15 is 0 Å². The fourth-order valence-corrected chi connectivity index (χ4v) is 1.45. The maximum atomic E-state index is 12.0. The van der Waals surface area contributed by atoms with Crippen molar-refractivity contribution in [2.24, 2.45) is 5.10 Å². The quantitative estimate of drug-likeness (QED) is 0.680. The zero-order chi connectivity index (χ0) is 14.4. The van der Waals surface area contributed by atoms with E-state index in [0.29, 0.717) is 11.4 Å². The number of anilines is 1. The zero-order valence-corrected chi connectivity index (χ0v) is 10.8. The van der Waals surface area contributed by atoms with Gasteiger partial charge in [-0.2, -0.15) is 13.9 Å². The lowest BCUT2D eigenvalue weighted by Gasteiger charge is -2.03. The molecule has 1 aromatic heterocycles. The highest BCUT2D eigenvalue weighted by atomic mass is 35.5. The van der Waals surface area contributed by atoms with Gasteiger partial charge in [-0.1, -0.05) is 11.6 Å². The van der Waals surface area contributed by atoms with Crippen LogP contribution in [0.25, 0.3) is 0 Å². The summed E-state index contributed by atoms with van der Waals surface area (Å²) in [4.78, 5) is 7.76. The van der Waals surface area contributed by atoms with E-state index in [1.165, 1.54) is 30.7 Å². The summed E-state index contributed by atoms with van der Waals surface area (Å²) in [5.41, 5.74) is 3.34. The third kappa shape index (κ3) is 4.43. The van der Waals surface area contributed by atoms with E-state index in [2.05, 4.69) is 25.2 Å². The molecule has 0 saturated carbocycles. The first-order chi connectivity index (χ1) is 9.63. The van der Waals surface area contributed by atoms with E-state index in [9.17, 15) is 8.78 Å². The van der Waals surface area contributed by atoms with Crippen LogP contribution in [0.15, 0.2) is 41.8 Å². The molecule has 2 rings (SSSR count). The first-order valence-electron chi connectivity index (χ1n) is 5.45. The molecule has 2 aromatic rings. The van der Waals surface area contributed by atoms with Gasteiger partial charge < -0.3 is 4.74 Å². The maximum absolute atomic E-state index is 12.0. The van der Waals surface area contributed by atoms with E-state index in [1.807, 2.05) is 0 Å². The van der Waals surface area contributed by atoms with Crippen molar-refractivity contribution >= 4 is 23.6 Å². The largest absolute Gasteiger partial charge is 0.435 e. The second-order valence-corrected chi connectivity index (χ2v) is 3.93. The number of ether oxygens (including phenoxy) is 1. The van der Waals surface area contributed by atoms with Crippen LogP contribution in [0.3, 0.4) is 0 Å². The second-order valence-electron chi connectivity index (χ2n) is 3.54. The van der Waals surface area contributed by atoms with E-state index in [0.717, 1.165) is 0 Å². The molecular formula is C12H9ClF2N4O. The number of rotatable bonds is 5. The molecule has 0 fully saturated rings. The zero-order valence-electron chi connectivity index (χ0n) is 10.0. The lowest BCUT2D eigenvalue weighted by molar-refractivity contribution is -0.0498. The van der Waals surface area contributed by atoms with Gasteiger partial charge in [0.2, 0.25) is 0 Å². The number of hydrogen-bond donors (Lipinski definition) is 1. The number of nitrogens with one attached hydrogen (secondary N) is 1. The Hall–Kier alpha value is -2.28. The number of nitrogens with zero attached hydrogens (tertiary/aromatic N) is 3.